The molecule has 2 rings (SSSR count). The lowest BCUT2D eigenvalue weighted by atomic mass is 10.1. The summed E-state index contributed by atoms with van der Waals surface area (Å²) in [6, 6.07) is 10.3. The average molecular weight is 279 g/mol. The molecule has 0 radical (unpaired) electrons. The van der Waals surface area contributed by atoms with Crippen molar-refractivity contribution >= 4 is 15.9 Å². The van der Waals surface area contributed by atoms with Gasteiger partial charge in [0.15, 0.2) is 0 Å². The summed E-state index contributed by atoms with van der Waals surface area (Å²) in [6.45, 7) is 0.671. The summed E-state index contributed by atoms with van der Waals surface area (Å²) >= 11 is 3.47. The molecule has 0 aromatic heterocycles. The molecule has 0 saturated carbocycles. The molecule has 1 nitrogen and oxygen atoms in total. The van der Waals surface area contributed by atoms with Gasteiger partial charge in [0.05, 0.1) is 5.76 Å². The van der Waals surface area contributed by atoms with E-state index in [0.717, 1.165) is 23.9 Å². The topological polar surface area (TPSA) is 9.23 Å². The monoisotopic (exact) mass is 278 g/mol. The summed E-state index contributed by atoms with van der Waals surface area (Å²) in [5, 5.41) is 0.968. The fraction of sp³-hybridized carbons (Fsp3) is 0.286. The van der Waals surface area contributed by atoms with Gasteiger partial charge in [-0.2, -0.15) is 0 Å². The molecule has 16 heavy (non-hydrogen) atoms. The molecule has 0 amide bonds. The van der Waals surface area contributed by atoms with Crippen molar-refractivity contribution in [2.45, 2.75) is 19.4 Å². The van der Waals surface area contributed by atoms with E-state index in [-0.39, 0.29) is 0 Å². The number of alkyl halides is 1. The number of hydrogen-bond donors (Lipinski definition) is 0. The average Bonchev–Trinajstić information content (AvgIpc) is 2.38. The molecule has 1 aromatic carbocycles. The van der Waals surface area contributed by atoms with Crippen molar-refractivity contribution in [2.24, 2.45) is 0 Å². The van der Waals surface area contributed by atoms with E-state index in [0.29, 0.717) is 6.61 Å². The molecule has 0 bridgehead atoms. The lowest BCUT2D eigenvalue weighted by molar-refractivity contribution is 0.188. The van der Waals surface area contributed by atoms with Gasteiger partial charge in [-0.15, -0.1) is 0 Å². The van der Waals surface area contributed by atoms with Gasteiger partial charge in [0.2, 0.25) is 0 Å². The van der Waals surface area contributed by atoms with Crippen LogP contribution in [0.2, 0.25) is 0 Å². The predicted octanol–water partition coefficient (Wildman–Crippen LogP) is 4.20. The molecule has 1 aromatic rings. The normalized spacial score (nSPS) is 15.3. The second-order valence-electron chi connectivity index (χ2n) is 3.87. The third kappa shape index (κ3) is 3.24. The van der Waals surface area contributed by atoms with E-state index in [2.05, 4.69) is 40.2 Å². The second kappa shape index (κ2) is 5.90. The van der Waals surface area contributed by atoms with Crippen LogP contribution in [-0.4, -0.2) is 5.33 Å². The molecule has 0 fully saturated rings. The molecule has 2 heteroatoms. The number of benzene rings is 1. The molecule has 0 atom stereocenters. The Balaban J connectivity index is 1.88. The Hall–Kier alpha value is -1.02. The first-order valence-electron chi connectivity index (χ1n) is 5.50. The third-order valence-electron chi connectivity index (χ3n) is 2.64. The minimum absolute atomic E-state index is 0.671. The largest absolute Gasteiger partial charge is 0.493 e. The zero-order chi connectivity index (χ0) is 11.2. The highest BCUT2D eigenvalue weighted by atomic mass is 79.9. The maximum atomic E-state index is 5.76. The fourth-order valence-electron chi connectivity index (χ4n) is 1.64. The molecular formula is C14H15BrO. The van der Waals surface area contributed by atoms with E-state index in [4.69, 9.17) is 4.74 Å². The Morgan fingerprint density at radius 1 is 1.06 bits per heavy atom. The summed E-state index contributed by atoms with van der Waals surface area (Å²) in [7, 11) is 0. The van der Waals surface area contributed by atoms with Gasteiger partial charge in [0, 0.05) is 11.8 Å². The van der Waals surface area contributed by atoms with Crippen LogP contribution in [0, 0.1) is 0 Å². The van der Waals surface area contributed by atoms with Gasteiger partial charge < -0.3 is 4.74 Å². The predicted molar refractivity (Wildman–Crippen MR) is 70.4 cm³/mol. The van der Waals surface area contributed by atoms with Crippen LogP contribution in [0.4, 0.5) is 0 Å². The van der Waals surface area contributed by atoms with Gasteiger partial charge in [-0.3, -0.25) is 0 Å². The molecule has 0 unspecified atom stereocenters. The van der Waals surface area contributed by atoms with Crippen LogP contribution in [-0.2, 0) is 11.3 Å². The standard InChI is InChI=1S/C14H15BrO/c15-10-12-6-8-14(9-7-12)16-11-13-4-2-1-3-5-13/h1-6,8H,7,9-11H2. The van der Waals surface area contributed by atoms with Crippen LogP contribution in [0.1, 0.15) is 18.4 Å². The summed E-state index contributed by atoms with van der Waals surface area (Å²) in [6.07, 6.45) is 6.36. The summed E-state index contributed by atoms with van der Waals surface area (Å²) in [4.78, 5) is 0. The van der Waals surface area contributed by atoms with Gasteiger partial charge in [-0.25, -0.2) is 0 Å². The first kappa shape index (κ1) is 11.5. The molecule has 0 N–H and O–H groups in total. The summed E-state index contributed by atoms with van der Waals surface area (Å²) in [5.74, 6) is 1.09. The maximum Gasteiger partial charge on any atom is 0.113 e. The molecule has 1 aliphatic carbocycles. The number of ether oxygens (including phenoxy) is 1. The number of allylic oxidation sites excluding steroid dienone is 4. The Morgan fingerprint density at radius 2 is 1.88 bits per heavy atom. The fourth-order valence-corrected chi connectivity index (χ4v) is 2.11. The van der Waals surface area contributed by atoms with Crippen molar-refractivity contribution in [3.63, 3.8) is 0 Å². The number of rotatable bonds is 4. The van der Waals surface area contributed by atoms with Gasteiger partial charge in [-0.05, 0) is 18.1 Å². The molecule has 0 spiro atoms. The summed E-state index contributed by atoms with van der Waals surface area (Å²) < 4.78 is 5.76. The summed E-state index contributed by atoms with van der Waals surface area (Å²) in [5.41, 5.74) is 2.66. The Morgan fingerprint density at radius 3 is 2.50 bits per heavy atom. The Labute approximate surface area is 105 Å². The lowest BCUT2D eigenvalue weighted by Gasteiger charge is -2.14. The molecule has 84 valence electrons. The Kier molecular flexibility index (Phi) is 4.23. The van der Waals surface area contributed by atoms with Crippen LogP contribution in [0.5, 0.6) is 0 Å². The van der Waals surface area contributed by atoms with Crippen LogP contribution >= 0.6 is 15.9 Å². The number of hydrogen-bond acceptors (Lipinski definition) is 1. The van der Waals surface area contributed by atoms with E-state index in [1.54, 1.807) is 0 Å². The highest BCUT2D eigenvalue weighted by Gasteiger charge is 2.06. The van der Waals surface area contributed by atoms with E-state index in [1.165, 1.54) is 11.1 Å². The molecule has 0 aliphatic heterocycles. The zero-order valence-corrected chi connectivity index (χ0v) is 10.7. The first-order valence-corrected chi connectivity index (χ1v) is 6.62. The minimum Gasteiger partial charge on any atom is -0.493 e. The van der Waals surface area contributed by atoms with Crippen LogP contribution in [0.25, 0.3) is 0 Å². The van der Waals surface area contributed by atoms with Crippen LogP contribution < -0.4 is 0 Å². The molecule has 0 heterocycles. The smallest absolute Gasteiger partial charge is 0.113 e. The van der Waals surface area contributed by atoms with Gasteiger partial charge >= 0.3 is 0 Å². The van der Waals surface area contributed by atoms with Crippen molar-refractivity contribution in [2.75, 3.05) is 5.33 Å². The third-order valence-corrected chi connectivity index (χ3v) is 3.36. The van der Waals surface area contributed by atoms with Crippen molar-refractivity contribution in [3.8, 4) is 0 Å². The Bertz CT molecular complexity index is 392. The zero-order valence-electron chi connectivity index (χ0n) is 9.16. The highest BCUT2D eigenvalue weighted by Crippen LogP contribution is 2.21. The van der Waals surface area contributed by atoms with Crippen molar-refractivity contribution in [1.82, 2.24) is 0 Å². The SMILES string of the molecule is BrCC1=CC=C(OCc2ccccc2)CC1. The second-order valence-corrected chi connectivity index (χ2v) is 4.43. The van der Waals surface area contributed by atoms with E-state index < -0.39 is 0 Å². The molecular weight excluding hydrogens is 264 g/mol. The van der Waals surface area contributed by atoms with Crippen molar-refractivity contribution in [3.05, 3.63) is 59.4 Å². The first-order chi connectivity index (χ1) is 7.88. The van der Waals surface area contributed by atoms with E-state index in [9.17, 15) is 0 Å². The molecule has 0 saturated heterocycles. The quantitative estimate of drug-likeness (QED) is 0.750. The van der Waals surface area contributed by atoms with Gasteiger partial charge in [-0.1, -0.05) is 57.9 Å². The lowest BCUT2D eigenvalue weighted by Crippen LogP contribution is -1.99. The van der Waals surface area contributed by atoms with Crippen molar-refractivity contribution in [1.29, 1.82) is 0 Å². The van der Waals surface area contributed by atoms with Crippen LogP contribution in [0.3, 0.4) is 0 Å². The van der Waals surface area contributed by atoms with E-state index >= 15 is 0 Å². The highest BCUT2D eigenvalue weighted by molar-refractivity contribution is 9.09. The molecule has 1 aliphatic rings. The van der Waals surface area contributed by atoms with Gasteiger partial charge in [0.1, 0.15) is 6.61 Å². The van der Waals surface area contributed by atoms with E-state index in [1.807, 2.05) is 18.2 Å². The maximum absolute atomic E-state index is 5.76. The minimum atomic E-state index is 0.671. The number of halogens is 1. The van der Waals surface area contributed by atoms with Crippen molar-refractivity contribution < 1.29 is 4.74 Å². The van der Waals surface area contributed by atoms with Crippen LogP contribution in [0.15, 0.2) is 53.8 Å². The van der Waals surface area contributed by atoms with Gasteiger partial charge in [0.25, 0.3) is 0 Å².